The Balaban J connectivity index is 2.29. The molecule has 1 aromatic rings. The van der Waals surface area contributed by atoms with Crippen LogP contribution in [0, 0.1) is 5.41 Å². The molecule has 2 atom stereocenters. The summed E-state index contributed by atoms with van der Waals surface area (Å²) >= 11 is 6.26. The van der Waals surface area contributed by atoms with E-state index in [1.165, 1.54) is 0 Å². The zero-order valence-electron chi connectivity index (χ0n) is 10.9. The average molecular weight is 285 g/mol. The van der Waals surface area contributed by atoms with Gasteiger partial charge < -0.3 is 20.1 Å². The molecule has 2 heterocycles. The number of rotatable bonds is 4. The normalized spacial score (nSPS) is 22.8. The highest BCUT2D eigenvalue weighted by atomic mass is 35.5. The molecular weight excluding hydrogens is 268 g/mol. The van der Waals surface area contributed by atoms with Gasteiger partial charge in [-0.3, -0.25) is 5.41 Å². The summed E-state index contributed by atoms with van der Waals surface area (Å²) in [5.74, 6) is 0.537. The lowest BCUT2D eigenvalue weighted by molar-refractivity contribution is -0.00461. The molecule has 6 nitrogen and oxygen atoms in total. The van der Waals surface area contributed by atoms with E-state index >= 15 is 0 Å². The molecule has 104 valence electrons. The number of aromatic nitrogens is 1. The maximum atomic E-state index is 7.49. The van der Waals surface area contributed by atoms with E-state index < -0.39 is 0 Å². The Labute approximate surface area is 117 Å². The van der Waals surface area contributed by atoms with Crippen LogP contribution in [0.4, 0.5) is 5.82 Å². The van der Waals surface area contributed by atoms with Crippen molar-refractivity contribution >= 4 is 23.3 Å². The predicted molar refractivity (Wildman–Crippen MR) is 74.1 cm³/mol. The predicted octanol–water partition coefficient (Wildman–Crippen LogP) is 0.869. The Bertz CT molecular complexity index is 471. The van der Waals surface area contributed by atoms with Crippen molar-refractivity contribution < 1.29 is 9.47 Å². The van der Waals surface area contributed by atoms with E-state index in [0.717, 1.165) is 0 Å². The minimum atomic E-state index is -0.0700. The number of halogens is 1. The molecule has 0 saturated carbocycles. The molecule has 1 aliphatic heterocycles. The van der Waals surface area contributed by atoms with Gasteiger partial charge in [-0.2, -0.15) is 0 Å². The second kappa shape index (κ2) is 5.73. The van der Waals surface area contributed by atoms with E-state index in [2.05, 4.69) is 4.98 Å². The van der Waals surface area contributed by atoms with E-state index in [1.807, 2.05) is 4.90 Å². The van der Waals surface area contributed by atoms with Gasteiger partial charge in [-0.25, -0.2) is 4.98 Å². The molecule has 0 aromatic carbocycles. The van der Waals surface area contributed by atoms with Crippen LogP contribution in [-0.4, -0.2) is 50.3 Å². The zero-order chi connectivity index (χ0) is 14.0. The summed E-state index contributed by atoms with van der Waals surface area (Å²) < 4.78 is 10.8. The van der Waals surface area contributed by atoms with Gasteiger partial charge in [0.05, 0.1) is 5.02 Å². The first-order valence-electron chi connectivity index (χ1n) is 5.88. The van der Waals surface area contributed by atoms with Gasteiger partial charge in [0, 0.05) is 39.1 Å². The maximum Gasteiger partial charge on any atom is 0.148 e. The number of hydrogen-bond acceptors (Lipinski definition) is 5. The number of ether oxygens (including phenoxy) is 2. The Kier molecular flexibility index (Phi) is 4.24. The largest absolute Gasteiger partial charge is 0.384 e. The number of nitrogens with two attached hydrogens (primary N) is 1. The molecule has 1 aliphatic rings. The van der Waals surface area contributed by atoms with Crippen LogP contribution >= 0.6 is 11.6 Å². The van der Waals surface area contributed by atoms with E-state index in [-0.39, 0.29) is 18.0 Å². The van der Waals surface area contributed by atoms with Crippen LogP contribution < -0.4 is 10.6 Å². The van der Waals surface area contributed by atoms with E-state index in [4.69, 9.17) is 32.2 Å². The number of amidine groups is 1. The lowest BCUT2D eigenvalue weighted by Gasteiger charge is -2.19. The Morgan fingerprint density at radius 1 is 1.42 bits per heavy atom. The van der Waals surface area contributed by atoms with Gasteiger partial charge in [0.1, 0.15) is 23.9 Å². The molecule has 3 N–H and O–H groups in total. The summed E-state index contributed by atoms with van der Waals surface area (Å²) in [6.07, 6.45) is 1.55. The molecule has 1 saturated heterocycles. The Morgan fingerprint density at radius 3 is 2.47 bits per heavy atom. The number of nitrogens with one attached hydrogen (secondary N) is 1. The fourth-order valence-corrected chi connectivity index (χ4v) is 2.56. The van der Waals surface area contributed by atoms with Crippen LogP contribution in [0.15, 0.2) is 12.3 Å². The molecule has 1 fully saturated rings. The molecule has 0 spiro atoms. The van der Waals surface area contributed by atoms with Crippen LogP contribution in [-0.2, 0) is 9.47 Å². The summed E-state index contributed by atoms with van der Waals surface area (Å²) in [4.78, 5) is 6.25. The lowest BCUT2D eigenvalue weighted by Crippen LogP contribution is -2.27. The van der Waals surface area contributed by atoms with Crippen LogP contribution in [0.25, 0.3) is 0 Å². The first-order chi connectivity index (χ1) is 9.08. The molecular formula is C12H17ClN4O2. The monoisotopic (exact) mass is 284 g/mol. The third-order valence-electron chi connectivity index (χ3n) is 3.28. The van der Waals surface area contributed by atoms with Crippen molar-refractivity contribution in [2.75, 3.05) is 32.2 Å². The smallest absolute Gasteiger partial charge is 0.148 e. The third kappa shape index (κ3) is 2.65. The molecule has 0 amide bonds. The minimum Gasteiger partial charge on any atom is -0.384 e. The SMILES string of the molecule is COC1CN(c2nccc(C(=N)N)c2Cl)CC1OC. The highest BCUT2D eigenvalue weighted by molar-refractivity contribution is 6.36. The standard InChI is InChI=1S/C12H17ClN4O2/c1-18-8-5-17(6-9(8)19-2)12-10(13)7(11(14)15)3-4-16-12/h3-4,8-9H,5-6H2,1-2H3,(H3,14,15). The first kappa shape index (κ1) is 14.0. The van der Waals surface area contributed by atoms with Crippen LogP contribution in [0.3, 0.4) is 0 Å². The van der Waals surface area contributed by atoms with Crippen molar-refractivity contribution in [2.45, 2.75) is 12.2 Å². The lowest BCUT2D eigenvalue weighted by atomic mass is 10.2. The van der Waals surface area contributed by atoms with Gasteiger partial charge in [-0.15, -0.1) is 0 Å². The first-order valence-corrected chi connectivity index (χ1v) is 6.25. The van der Waals surface area contributed by atoms with Gasteiger partial charge in [-0.1, -0.05) is 11.6 Å². The van der Waals surface area contributed by atoms with Crippen molar-refractivity contribution in [1.82, 2.24) is 4.98 Å². The summed E-state index contributed by atoms with van der Waals surface area (Å²) in [5.41, 5.74) is 5.98. The number of hydrogen-bond donors (Lipinski definition) is 2. The number of methoxy groups -OCH3 is 2. The van der Waals surface area contributed by atoms with Crippen molar-refractivity contribution in [3.05, 3.63) is 22.8 Å². The van der Waals surface area contributed by atoms with Crippen molar-refractivity contribution in [2.24, 2.45) is 5.73 Å². The minimum absolute atomic E-state index is 0.0242. The molecule has 19 heavy (non-hydrogen) atoms. The highest BCUT2D eigenvalue weighted by Crippen LogP contribution is 2.30. The summed E-state index contributed by atoms with van der Waals surface area (Å²) in [6, 6.07) is 1.63. The summed E-state index contributed by atoms with van der Waals surface area (Å²) in [5, 5.41) is 7.88. The fourth-order valence-electron chi connectivity index (χ4n) is 2.23. The van der Waals surface area contributed by atoms with Crippen LogP contribution in [0.1, 0.15) is 5.56 Å². The number of nitrogen functional groups attached to an aromatic ring is 1. The second-order valence-corrected chi connectivity index (χ2v) is 4.74. The average Bonchev–Trinajstić information content (AvgIpc) is 2.81. The maximum absolute atomic E-state index is 7.49. The van der Waals surface area contributed by atoms with Gasteiger partial charge in [0.2, 0.25) is 0 Å². The van der Waals surface area contributed by atoms with Crippen LogP contribution in [0.5, 0.6) is 0 Å². The third-order valence-corrected chi connectivity index (χ3v) is 3.65. The van der Waals surface area contributed by atoms with E-state index in [0.29, 0.717) is 29.5 Å². The molecule has 7 heteroatoms. The van der Waals surface area contributed by atoms with E-state index in [1.54, 1.807) is 26.5 Å². The van der Waals surface area contributed by atoms with Crippen LogP contribution in [0.2, 0.25) is 5.02 Å². The molecule has 1 aromatic heterocycles. The second-order valence-electron chi connectivity index (χ2n) is 4.36. The molecule has 0 radical (unpaired) electrons. The number of pyridine rings is 1. The molecule has 0 aliphatic carbocycles. The van der Waals surface area contributed by atoms with Crippen molar-refractivity contribution in [3.8, 4) is 0 Å². The Morgan fingerprint density at radius 2 is 2.00 bits per heavy atom. The van der Waals surface area contributed by atoms with Gasteiger partial charge >= 0.3 is 0 Å². The zero-order valence-corrected chi connectivity index (χ0v) is 11.6. The number of nitrogens with zero attached hydrogens (tertiary/aromatic N) is 2. The van der Waals surface area contributed by atoms with Crippen molar-refractivity contribution in [1.29, 1.82) is 5.41 Å². The Hall–Kier alpha value is -1.37. The summed E-state index contributed by atoms with van der Waals surface area (Å²) in [6.45, 7) is 1.28. The summed E-state index contributed by atoms with van der Waals surface area (Å²) in [7, 11) is 3.31. The van der Waals surface area contributed by atoms with Gasteiger partial charge in [-0.05, 0) is 6.07 Å². The van der Waals surface area contributed by atoms with Crippen molar-refractivity contribution in [3.63, 3.8) is 0 Å². The topological polar surface area (TPSA) is 84.5 Å². The van der Waals surface area contributed by atoms with E-state index in [9.17, 15) is 0 Å². The molecule has 2 unspecified atom stereocenters. The van der Waals surface area contributed by atoms with Gasteiger partial charge in [0.15, 0.2) is 0 Å². The fraction of sp³-hybridized carbons (Fsp3) is 0.500. The molecule has 2 rings (SSSR count). The highest BCUT2D eigenvalue weighted by Gasteiger charge is 2.34. The van der Waals surface area contributed by atoms with Gasteiger partial charge in [0.25, 0.3) is 0 Å². The molecule has 0 bridgehead atoms. The quantitative estimate of drug-likeness (QED) is 0.633. The number of anilines is 1.